The highest BCUT2D eigenvalue weighted by atomic mass is 16.5. The Bertz CT molecular complexity index is 673. The van der Waals surface area contributed by atoms with E-state index < -0.39 is 5.97 Å². The molecule has 1 aromatic heterocycles. The van der Waals surface area contributed by atoms with Crippen molar-refractivity contribution in [2.75, 3.05) is 13.7 Å². The van der Waals surface area contributed by atoms with E-state index in [0.29, 0.717) is 18.1 Å². The summed E-state index contributed by atoms with van der Waals surface area (Å²) in [5.41, 5.74) is 1.82. The first kappa shape index (κ1) is 14.1. The van der Waals surface area contributed by atoms with E-state index in [0.717, 1.165) is 36.1 Å². The maximum atomic E-state index is 11.6. The number of carbonyl (C=O) groups is 1. The molecular formula is C16H20N2O3. The quantitative estimate of drug-likeness (QED) is 0.886. The predicted octanol–water partition coefficient (Wildman–Crippen LogP) is 3.21. The standard InChI is InChI=1S/C16H20N2O3/c1-3-11(9-21-2)18-14-12(16(19)20)5-4-6-13(14)17-15(18)10-7-8-10/h4-6,10-11H,3,7-9H2,1-2H3,(H,19,20). The van der Waals surface area contributed by atoms with E-state index in [9.17, 15) is 9.90 Å². The van der Waals surface area contributed by atoms with Gasteiger partial charge in [0.1, 0.15) is 5.82 Å². The van der Waals surface area contributed by atoms with Crippen molar-refractivity contribution in [1.82, 2.24) is 9.55 Å². The molecular weight excluding hydrogens is 268 g/mol. The number of ether oxygens (including phenoxy) is 1. The van der Waals surface area contributed by atoms with E-state index in [1.54, 1.807) is 19.2 Å². The van der Waals surface area contributed by atoms with Gasteiger partial charge in [-0.2, -0.15) is 0 Å². The van der Waals surface area contributed by atoms with Crippen molar-refractivity contribution in [3.8, 4) is 0 Å². The van der Waals surface area contributed by atoms with Crippen LogP contribution in [0.15, 0.2) is 18.2 Å². The molecule has 3 rings (SSSR count). The van der Waals surface area contributed by atoms with Crippen molar-refractivity contribution in [2.45, 2.75) is 38.1 Å². The second-order valence-corrected chi connectivity index (χ2v) is 5.61. The zero-order chi connectivity index (χ0) is 15.0. The van der Waals surface area contributed by atoms with Crippen molar-refractivity contribution < 1.29 is 14.6 Å². The highest BCUT2D eigenvalue weighted by molar-refractivity contribution is 6.01. The molecule has 21 heavy (non-hydrogen) atoms. The van der Waals surface area contributed by atoms with Gasteiger partial charge in [0.05, 0.1) is 29.2 Å². The van der Waals surface area contributed by atoms with Gasteiger partial charge in [-0.3, -0.25) is 0 Å². The Morgan fingerprint density at radius 2 is 2.29 bits per heavy atom. The molecule has 1 aliphatic carbocycles. The highest BCUT2D eigenvalue weighted by Gasteiger charge is 2.32. The molecule has 2 aromatic rings. The summed E-state index contributed by atoms with van der Waals surface area (Å²) in [6.45, 7) is 2.66. The minimum absolute atomic E-state index is 0.121. The summed E-state index contributed by atoms with van der Waals surface area (Å²) in [7, 11) is 1.68. The number of carboxylic acid groups (broad SMARTS) is 1. The van der Waals surface area contributed by atoms with Crippen LogP contribution in [0, 0.1) is 0 Å². The van der Waals surface area contributed by atoms with Crippen LogP contribution in [0.1, 0.15) is 54.3 Å². The number of hydrogen-bond donors (Lipinski definition) is 1. The van der Waals surface area contributed by atoms with Gasteiger partial charge < -0.3 is 14.4 Å². The molecule has 1 saturated carbocycles. The Kier molecular flexibility index (Phi) is 3.68. The average Bonchev–Trinajstić information content (AvgIpc) is 3.25. The summed E-state index contributed by atoms with van der Waals surface area (Å²) in [5, 5.41) is 9.48. The fourth-order valence-electron chi connectivity index (χ4n) is 2.91. The summed E-state index contributed by atoms with van der Waals surface area (Å²) in [6.07, 6.45) is 3.15. The molecule has 1 aromatic carbocycles. The van der Waals surface area contributed by atoms with Crippen LogP contribution in [-0.2, 0) is 4.74 Å². The van der Waals surface area contributed by atoms with Crippen LogP contribution in [0.2, 0.25) is 0 Å². The molecule has 0 bridgehead atoms. The molecule has 0 aliphatic heterocycles. The van der Waals surface area contributed by atoms with E-state index in [4.69, 9.17) is 9.72 Å². The van der Waals surface area contributed by atoms with Crippen LogP contribution >= 0.6 is 0 Å². The Morgan fingerprint density at radius 1 is 1.52 bits per heavy atom. The zero-order valence-electron chi connectivity index (χ0n) is 12.4. The van der Waals surface area contributed by atoms with Crippen molar-refractivity contribution in [2.24, 2.45) is 0 Å². The molecule has 0 radical (unpaired) electrons. The van der Waals surface area contributed by atoms with Crippen molar-refractivity contribution in [1.29, 1.82) is 0 Å². The first-order valence-electron chi connectivity index (χ1n) is 7.40. The number of hydrogen-bond acceptors (Lipinski definition) is 3. The first-order valence-corrected chi connectivity index (χ1v) is 7.40. The van der Waals surface area contributed by atoms with Gasteiger partial charge in [0.15, 0.2) is 0 Å². The van der Waals surface area contributed by atoms with Crippen LogP contribution in [0.25, 0.3) is 11.0 Å². The minimum atomic E-state index is -0.906. The van der Waals surface area contributed by atoms with Crippen LogP contribution in [0.3, 0.4) is 0 Å². The Balaban J connectivity index is 2.26. The van der Waals surface area contributed by atoms with Gasteiger partial charge in [-0.05, 0) is 31.4 Å². The molecule has 1 fully saturated rings. The monoisotopic (exact) mass is 288 g/mol. The number of benzene rings is 1. The number of methoxy groups -OCH3 is 1. The second kappa shape index (κ2) is 5.48. The Morgan fingerprint density at radius 3 is 2.86 bits per heavy atom. The highest BCUT2D eigenvalue weighted by Crippen LogP contribution is 2.42. The molecule has 1 aliphatic rings. The maximum absolute atomic E-state index is 11.6. The number of rotatable bonds is 6. The van der Waals surface area contributed by atoms with E-state index in [1.807, 2.05) is 6.07 Å². The van der Waals surface area contributed by atoms with Gasteiger partial charge in [-0.25, -0.2) is 9.78 Å². The molecule has 1 N–H and O–H groups in total. The lowest BCUT2D eigenvalue weighted by atomic mass is 10.1. The summed E-state index contributed by atoms with van der Waals surface area (Å²) >= 11 is 0. The number of imidazole rings is 1. The van der Waals surface area contributed by atoms with Gasteiger partial charge in [0.2, 0.25) is 0 Å². The molecule has 112 valence electrons. The third kappa shape index (κ3) is 2.42. The van der Waals surface area contributed by atoms with E-state index in [2.05, 4.69) is 11.5 Å². The van der Waals surface area contributed by atoms with E-state index >= 15 is 0 Å². The lowest BCUT2D eigenvalue weighted by Crippen LogP contribution is -2.17. The lowest BCUT2D eigenvalue weighted by molar-refractivity contribution is 0.0698. The molecule has 5 heteroatoms. The SMILES string of the molecule is CCC(COC)n1c(C2CC2)nc2cccc(C(=O)O)c21. The minimum Gasteiger partial charge on any atom is -0.478 e. The van der Waals surface area contributed by atoms with Gasteiger partial charge in [-0.15, -0.1) is 0 Å². The van der Waals surface area contributed by atoms with E-state index in [-0.39, 0.29) is 6.04 Å². The summed E-state index contributed by atoms with van der Waals surface area (Å²) < 4.78 is 7.44. The summed E-state index contributed by atoms with van der Waals surface area (Å²) in [5.74, 6) is 0.573. The fourth-order valence-corrected chi connectivity index (χ4v) is 2.91. The zero-order valence-corrected chi connectivity index (χ0v) is 12.4. The molecule has 0 saturated heterocycles. The number of nitrogens with zero attached hydrogens (tertiary/aromatic N) is 2. The molecule has 1 atom stereocenters. The molecule has 1 unspecified atom stereocenters. The fraction of sp³-hybridized carbons (Fsp3) is 0.500. The van der Waals surface area contributed by atoms with E-state index in [1.165, 1.54) is 0 Å². The molecule has 1 heterocycles. The van der Waals surface area contributed by atoms with Crippen LogP contribution in [-0.4, -0.2) is 34.3 Å². The topological polar surface area (TPSA) is 64.4 Å². The largest absolute Gasteiger partial charge is 0.478 e. The van der Waals surface area contributed by atoms with Crippen molar-refractivity contribution in [3.63, 3.8) is 0 Å². The smallest absolute Gasteiger partial charge is 0.337 e. The average molecular weight is 288 g/mol. The van der Waals surface area contributed by atoms with Crippen molar-refractivity contribution >= 4 is 17.0 Å². The third-order valence-electron chi connectivity index (χ3n) is 4.11. The van der Waals surface area contributed by atoms with Crippen LogP contribution in [0.4, 0.5) is 0 Å². The van der Waals surface area contributed by atoms with Gasteiger partial charge in [0, 0.05) is 13.0 Å². The Hall–Kier alpha value is -1.88. The molecule has 0 amide bonds. The number of para-hydroxylation sites is 1. The molecule has 0 spiro atoms. The summed E-state index contributed by atoms with van der Waals surface area (Å²) in [4.78, 5) is 16.3. The number of fused-ring (bicyclic) bond motifs is 1. The number of aromatic carboxylic acids is 1. The third-order valence-corrected chi connectivity index (χ3v) is 4.11. The van der Waals surface area contributed by atoms with Gasteiger partial charge in [0.25, 0.3) is 0 Å². The second-order valence-electron chi connectivity index (χ2n) is 5.61. The predicted molar refractivity (Wildman–Crippen MR) is 79.9 cm³/mol. The maximum Gasteiger partial charge on any atom is 0.337 e. The molecule has 5 nitrogen and oxygen atoms in total. The van der Waals surface area contributed by atoms with Crippen LogP contribution in [0.5, 0.6) is 0 Å². The summed E-state index contributed by atoms with van der Waals surface area (Å²) in [6, 6.07) is 5.43. The number of carboxylic acids is 1. The van der Waals surface area contributed by atoms with Crippen LogP contribution < -0.4 is 0 Å². The van der Waals surface area contributed by atoms with Gasteiger partial charge in [-0.1, -0.05) is 13.0 Å². The normalized spacial score (nSPS) is 16.3. The van der Waals surface area contributed by atoms with Gasteiger partial charge >= 0.3 is 5.97 Å². The van der Waals surface area contributed by atoms with Crippen molar-refractivity contribution in [3.05, 3.63) is 29.6 Å². The Labute approximate surface area is 123 Å². The first-order chi connectivity index (χ1) is 10.2. The number of aromatic nitrogens is 2. The lowest BCUT2D eigenvalue weighted by Gasteiger charge is -2.20.